The number of likely N-dealkylation sites (N-methyl/N-ethyl adjacent to an activating group) is 1. The number of hydrogen-bond acceptors (Lipinski definition) is 6. The lowest BCUT2D eigenvalue weighted by Crippen LogP contribution is -2.55. The summed E-state index contributed by atoms with van der Waals surface area (Å²) >= 11 is 0. The molecule has 2 N–H and O–H groups in total. The first-order valence-electron chi connectivity index (χ1n) is 6.35. The van der Waals surface area contributed by atoms with Gasteiger partial charge in [0, 0.05) is 32.4 Å². The lowest BCUT2D eigenvalue weighted by atomic mass is 10.1. The normalized spacial score (nSPS) is 20.4. The van der Waals surface area contributed by atoms with E-state index >= 15 is 0 Å². The molecule has 6 nitrogen and oxygen atoms in total. The molecule has 0 saturated carbocycles. The summed E-state index contributed by atoms with van der Waals surface area (Å²) in [6, 6.07) is 3.64. The van der Waals surface area contributed by atoms with Crippen molar-refractivity contribution in [3.63, 3.8) is 0 Å². The Labute approximate surface area is 113 Å². The summed E-state index contributed by atoms with van der Waals surface area (Å²) in [4.78, 5) is 20.3. The van der Waals surface area contributed by atoms with Gasteiger partial charge in [0.2, 0.25) is 0 Å². The predicted octanol–water partition coefficient (Wildman–Crippen LogP) is -0.0527. The number of pyridine rings is 1. The summed E-state index contributed by atoms with van der Waals surface area (Å²) in [5.41, 5.74) is 6.35. The molecule has 1 aliphatic heterocycles. The van der Waals surface area contributed by atoms with Gasteiger partial charge < -0.3 is 20.3 Å². The molecule has 2 rings (SSSR count). The second-order valence-electron chi connectivity index (χ2n) is 4.74. The number of nitrogens with two attached hydrogens (primary N) is 1. The highest BCUT2D eigenvalue weighted by Gasteiger charge is 2.25. The van der Waals surface area contributed by atoms with E-state index in [-0.39, 0.29) is 12.0 Å². The van der Waals surface area contributed by atoms with E-state index in [0.29, 0.717) is 12.1 Å². The van der Waals surface area contributed by atoms with Crippen LogP contribution in [0, 0.1) is 0 Å². The summed E-state index contributed by atoms with van der Waals surface area (Å²) in [7, 11) is 3.46. The van der Waals surface area contributed by atoms with E-state index in [2.05, 4.69) is 21.8 Å². The maximum atomic E-state index is 11.6. The number of aromatic nitrogens is 1. The molecule has 1 aromatic rings. The standard InChI is InChI=1S/C13H20N4O2/c1-16-5-6-17(11(8-14)9-16)12-7-10(3-4-15-12)13(18)19-2/h3-4,7,11H,5-6,8-9,14H2,1-2H3. The number of rotatable bonds is 3. The number of methoxy groups -OCH3 is 1. The van der Waals surface area contributed by atoms with E-state index in [1.807, 2.05) is 0 Å². The Kier molecular flexibility index (Phi) is 4.34. The zero-order valence-electron chi connectivity index (χ0n) is 11.4. The highest BCUT2D eigenvalue weighted by atomic mass is 16.5. The Morgan fingerprint density at radius 1 is 1.58 bits per heavy atom. The van der Waals surface area contributed by atoms with Crippen LogP contribution in [-0.2, 0) is 4.74 Å². The molecule has 1 fully saturated rings. The Hall–Kier alpha value is -1.66. The molecular formula is C13H20N4O2. The lowest BCUT2D eigenvalue weighted by Gasteiger charge is -2.40. The molecule has 0 aromatic carbocycles. The molecular weight excluding hydrogens is 244 g/mol. The Bertz CT molecular complexity index is 452. The van der Waals surface area contributed by atoms with Gasteiger partial charge in [-0.3, -0.25) is 0 Å². The van der Waals surface area contributed by atoms with Gasteiger partial charge in [0.25, 0.3) is 0 Å². The Morgan fingerprint density at radius 2 is 2.37 bits per heavy atom. The van der Waals surface area contributed by atoms with Crippen LogP contribution in [0.2, 0.25) is 0 Å². The van der Waals surface area contributed by atoms with Gasteiger partial charge in [-0.1, -0.05) is 0 Å². The zero-order chi connectivity index (χ0) is 13.8. The van der Waals surface area contributed by atoms with Crippen molar-refractivity contribution in [1.29, 1.82) is 0 Å². The van der Waals surface area contributed by atoms with Crippen molar-refractivity contribution in [2.45, 2.75) is 6.04 Å². The number of anilines is 1. The molecule has 0 amide bonds. The highest BCUT2D eigenvalue weighted by Crippen LogP contribution is 2.19. The minimum absolute atomic E-state index is 0.221. The number of carbonyl (C=O) groups excluding carboxylic acids is 1. The molecule has 1 aromatic heterocycles. The number of piperazine rings is 1. The van der Waals surface area contributed by atoms with E-state index in [1.54, 1.807) is 18.3 Å². The van der Waals surface area contributed by atoms with Crippen LogP contribution < -0.4 is 10.6 Å². The van der Waals surface area contributed by atoms with Gasteiger partial charge in [0.15, 0.2) is 0 Å². The third-order valence-corrected chi connectivity index (χ3v) is 3.42. The van der Waals surface area contributed by atoms with Gasteiger partial charge in [-0.25, -0.2) is 9.78 Å². The Balaban J connectivity index is 2.23. The van der Waals surface area contributed by atoms with Gasteiger partial charge in [-0.05, 0) is 19.2 Å². The van der Waals surface area contributed by atoms with Crippen molar-refractivity contribution >= 4 is 11.8 Å². The first-order chi connectivity index (χ1) is 9.15. The maximum absolute atomic E-state index is 11.6. The maximum Gasteiger partial charge on any atom is 0.338 e. The number of ether oxygens (including phenoxy) is 1. The molecule has 104 valence electrons. The summed E-state index contributed by atoms with van der Waals surface area (Å²) < 4.78 is 4.73. The quantitative estimate of drug-likeness (QED) is 0.772. The molecule has 0 radical (unpaired) electrons. The molecule has 2 heterocycles. The van der Waals surface area contributed by atoms with Crippen molar-refractivity contribution in [2.24, 2.45) is 5.73 Å². The first-order valence-corrected chi connectivity index (χ1v) is 6.35. The summed E-state index contributed by atoms with van der Waals surface area (Å²) in [5.74, 6) is 0.438. The second-order valence-corrected chi connectivity index (χ2v) is 4.74. The van der Waals surface area contributed by atoms with Crippen LogP contribution >= 0.6 is 0 Å². The van der Waals surface area contributed by atoms with Crippen molar-refractivity contribution in [3.05, 3.63) is 23.9 Å². The molecule has 0 spiro atoms. The van der Waals surface area contributed by atoms with E-state index in [9.17, 15) is 4.79 Å². The Morgan fingerprint density at radius 3 is 3.05 bits per heavy atom. The van der Waals surface area contributed by atoms with Crippen LogP contribution in [0.3, 0.4) is 0 Å². The smallest absolute Gasteiger partial charge is 0.338 e. The number of carbonyl (C=O) groups is 1. The number of esters is 1. The van der Waals surface area contributed by atoms with Crippen molar-refractivity contribution in [1.82, 2.24) is 9.88 Å². The molecule has 1 aliphatic rings. The van der Waals surface area contributed by atoms with Crippen LogP contribution in [0.1, 0.15) is 10.4 Å². The van der Waals surface area contributed by atoms with Crippen molar-refractivity contribution in [2.75, 3.05) is 45.2 Å². The minimum atomic E-state index is -0.345. The fourth-order valence-electron chi connectivity index (χ4n) is 2.33. The summed E-state index contributed by atoms with van der Waals surface area (Å²) in [6.07, 6.45) is 1.63. The third-order valence-electron chi connectivity index (χ3n) is 3.42. The monoisotopic (exact) mass is 264 g/mol. The average Bonchev–Trinajstić information content (AvgIpc) is 2.46. The van der Waals surface area contributed by atoms with Crippen LogP contribution in [0.15, 0.2) is 18.3 Å². The minimum Gasteiger partial charge on any atom is -0.465 e. The fraction of sp³-hybridized carbons (Fsp3) is 0.538. The van der Waals surface area contributed by atoms with Crippen molar-refractivity contribution in [3.8, 4) is 0 Å². The lowest BCUT2D eigenvalue weighted by molar-refractivity contribution is 0.0600. The highest BCUT2D eigenvalue weighted by molar-refractivity contribution is 5.90. The fourth-order valence-corrected chi connectivity index (χ4v) is 2.33. The van der Waals surface area contributed by atoms with Gasteiger partial charge in [0.1, 0.15) is 5.82 Å². The SMILES string of the molecule is COC(=O)c1ccnc(N2CCN(C)CC2CN)c1. The van der Waals surface area contributed by atoms with Gasteiger partial charge in [-0.15, -0.1) is 0 Å². The van der Waals surface area contributed by atoms with Crippen LogP contribution in [0.5, 0.6) is 0 Å². The van der Waals surface area contributed by atoms with E-state index in [0.717, 1.165) is 25.5 Å². The molecule has 0 aliphatic carbocycles. The van der Waals surface area contributed by atoms with Gasteiger partial charge >= 0.3 is 5.97 Å². The first kappa shape index (κ1) is 13.8. The molecule has 6 heteroatoms. The van der Waals surface area contributed by atoms with Crippen molar-refractivity contribution < 1.29 is 9.53 Å². The van der Waals surface area contributed by atoms with E-state index < -0.39 is 0 Å². The average molecular weight is 264 g/mol. The number of nitrogens with zero attached hydrogens (tertiary/aromatic N) is 3. The van der Waals surface area contributed by atoms with Crippen LogP contribution in [-0.4, -0.2) is 62.2 Å². The zero-order valence-corrected chi connectivity index (χ0v) is 11.4. The molecule has 1 atom stereocenters. The van der Waals surface area contributed by atoms with E-state index in [4.69, 9.17) is 10.5 Å². The third kappa shape index (κ3) is 3.02. The molecule has 19 heavy (non-hydrogen) atoms. The van der Waals surface area contributed by atoms with Crippen LogP contribution in [0.4, 0.5) is 5.82 Å². The predicted molar refractivity (Wildman–Crippen MR) is 73.3 cm³/mol. The van der Waals surface area contributed by atoms with Crippen LogP contribution in [0.25, 0.3) is 0 Å². The summed E-state index contributed by atoms with van der Waals surface area (Å²) in [6.45, 7) is 3.28. The van der Waals surface area contributed by atoms with E-state index in [1.165, 1.54) is 7.11 Å². The largest absolute Gasteiger partial charge is 0.465 e. The topological polar surface area (TPSA) is 71.7 Å². The van der Waals surface area contributed by atoms with Gasteiger partial charge in [0.05, 0.1) is 18.7 Å². The summed E-state index contributed by atoms with van der Waals surface area (Å²) in [5, 5.41) is 0. The number of hydrogen-bond donors (Lipinski definition) is 1. The molecule has 1 unspecified atom stereocenters. The van der Waals surface area contributed by atoms with Gasteiger partial charge in [-0.2, -0.15) is 0 Å². The molecule has 0 bridgehead atoms. The second kappa shape index (κ2) is 5.99. The molecule has 1 saturated heterocycles.